The summed E-state index contributed by atoms with van der Waals surface area (Å²) in [5.74, 6) is 0.550. The summed E-state index contributed by atoms with van der Waals surface area (Å²) in [5, 5.41) is 2.07. The highest BCUT2D eigenvalue weighted by atomic mass is 32.1. The highest BCUT2D eigenvalue weighted by molar-refractivity contribution is 7.18. The van der Waals surface area contributed by atoms with Gasteiger partial charge in [-0.05, 0) is 30.0 Å². The molecule has 0 bridgehead atoms. The Kier molecular flexibility index (Phi) is 3.71. The average Bonchev–Trinajstić information content (AvgIpc) is 2.91. The summed E-state index contributed by atoms with van der Waals surface area (Å²) >= 11 is 1.59. The van der Waals surface area contributed by atoms with Gasteiger partial charge in [0.1, 0.15) is 12.1 Å². The third-order valence-electron chi connectivity index (χ3n) is 3.60. The zero-order chi connectivity index (χ0) is 14.8. The standard InChI is InChI=1S/C17H17N3S/c1-3-12-5-4-11(2)13(8-12)6-7-14-9-21-16-15(14)19-10-20-17(16)18/h4-10H,3H2,1-2H3,(H2,18,19,20)/b7-6+. The Bertz CT molecular complexity index is 818. The van der Waals surface area contributed by atoms with Crippen molar-refractivity contribution in [2.75, 3.05) is 5.73 Å². The molecule has 2 N–H and O–H groups in total. The fourth-order valence-corrected chi connectivity index (χ4v) is 3.17. The summed E-state index contributed by atoms with van der Waals surface area (Å²) in [7, 11) is 0. The van der Waals surface area contributed by atoms with Crippen molar-refractivity contribution in [2.45, 2.75) is 20.3 Å². The van der Waals surface area contributed by atoms with Crippen molar-refractivity contribution in [2.24, 2.45) is 0 Å². The van der Waals surface area contributed by atoms with Crippen LogP contribution in [0.15, 0.2) is 29.9 Å². The predicted molar refractivity (Wildman–Crippen MR) is 91.3 cm³/mol. The zero-order valence-electron chi connectivity index (χ0n) is 12.1. The first-order valence-electron chi connectivity index (χ1n) is 6.94. The zero-order valence-corrected chi connectivity index (χ0v) is 12.9. The third kappa shape index (κ3) is 2.67. The summed E-state index contributed by atoms with van der Waals surface area (Å²) < 4.78 is 0.955. The van der Waals surface area contributed by atoms with Crippen molar-refractivity contribution >= 4 is 39.5 Å². The van der Waals surface area contributed by atoms with Crippen molar-refractivity contribution in [3.63, 3.8) is 0 Å². The molecule has 0 aliphatic heterocycles. The number of nitrogens with zero attached hydrogens (tertiary/aromatic N) is 2. The Balaban J connectivity index is 2.00. The molecule has 2 heterocycles. The number of aromatic nitrogens is 2. The van der Waals surface area contributed by atoms with Crippen molar-refractivity contribution < 1.29 is 0 Å². The van der Waals surface area contributed by atoms with Crippen LogP contribution in [0.4, 0.5) is 5.82 Å². The van der Waals surface area contributed by atoms with Crippen LogP contribution in [0.1, 0.15) is 29.2 Å². The van der Waals surface area contributed by atoms with E-state index in [0.717, 1.165) is 22.2 Å². The van der Waals surface area contributed by atoms with Crippen molar-refractivity contribution in [1.29, 1.82) is 0 Å². The van der Waals surface area contributed by atoms with Crippen LogP contribution in [-0.4, -0.2) is 9.97 Å². The van der Waals surface area contributed by atoms with Crippen LogP contribution in [0.5, 0.6) is 0 Å². The van der Waals surface area contributed by atoms with Gasteiger partial charge in [-0.3, -0.25) is 0 Å². The Morgan fingerprint density at radius 1 is 1.19 bits per heavy atom. The van der Waals surface area contributed by atoms with E-state index in [9.17, 15) is 0 Å². The van der Waals surface area contributed by atoms with E-state index >= 15 is 0 Å². The van der Waals surface area contributed by atoms with Gasteiger partial charge >= 0.3 is 0 Å². The van der Waals surface area contributed by atoms with Gasteiger partial charge in [0.15, 0.2) is 0 Å². The molecule has 4 heteroatoms. The van der Waals surface area contributed by atoms with E-state index in [1.807, 2.05) is 0 Å². The fourth-order valence-electron chi connectivity index (χ4n) is 2.27. The van der Waals surface area contributed by atoms with Crippen LogP contribution in [0.25, 0.3) is 22.4 Å². The smallest absolute Gasteiger partial charge is 0.144 e. The molecule has 3 aromatic rings. The van der Waals surface area contributed by atoms with E-state index in [1.165, 1.54) is 23.0 Å². The molecule has 0 aliphatic rings. The first-order valence-corrected chi connectivity index (χ1v) is 7.82. The molecular formula is C17H17N3S. The second kappa shape index (κ2) is 5.66. The van der Waals surface area contributed by atoms with Gasteiger partial charge in [-0.25, -0.2) is 9.97 Å². The molecule has 0 saturated carbocycles. The molecule has 0 fully saturated rings. The highest BCUT2D eigenvalue weighted by Crippen LogP contribution is 2.29. The third-order valence-corrected chi connectivity index (χ3v) is 4.61. The Morgan fingerprint density at radius 2 is 2.00 bits per heavy atom. The largest absolute Gasteiger partial charge is 0.382 e. The number of thiophene rings is 1. The molecule has 0 atom stereocenters. The molecule has 0 unspecified atom stereocenters. The van der Waals surface area contributed by atoms with Crippen LogP contribution in [0, 0.1) is 6.92 Å². The molecule has 3 nitrogen and oxygen atoms in total. The number of aryl methyl sites for hydroxylation is 2. The molecule has 3 rings (SSSR count). The van der Waals surface area contributed by atoms with Crippen LogP contribution in [0.3, 0.4) is 0 Å². The average molecular weight is 295 g/mol. The van der Waals surface area contributed by atoms with E-state index < -0.39 is 0 Å². The summed E-state index contributed by atoms with van der Waals surface area (Å²) in [6.07, 6.45) is 6.82. The van der Waals surface area contributed by atoms with Gasteiger partial charge in [0.25, 0.3) is 0 Å². The van der Waals surface area contributed by atoms with Gasteiger partial charge in [-0.15, -0.1) is 11.3 Å². The normalized spacial score (nSPS) is 11.5. The van der Waals surface area contributed by atoms with Crippen LogP contribution in [0.2, 0.25) is 0 Å². The molecule has 0 radical (unpaired) electrons. The van der Waals surface area contributed by atoms with E-state index in [0.29, 0.717) is 5.82 Å². The second-order valence-electron chi connectivity index (χ2n) is 5.01. The number of fused-ring (bicyclic) bond motifs is 1. The minimum atomic E-state index is 0.550. The Hall–Kier alpha value is -2.20. The predicted octanol–water partition coefficient (Wildman–Crippen LogP) is 4.31. The summed E-state index contributed by atoms with van der Waals surface area (Å²) in [6, 6.07) is 6.59. The van der Waals surface area contributed by atoms with Gasteiger partial charge in [0.05, 0.1) is 10.2 Å². The maximum atomic E-state index is 5.87. The van der Waals surface area contributed by atoms with Crippen molar-refractivity contribution in [3.05, 3.63) is 52.2 Å². The van der Waals surface area contributed by atoms with Gasteiger partial charge in [0, 0.05) is 10.9 Å². The van der Waals surface area contributed by atoms with Crippen LogP contribution >= 0.6 is 11.3 Å². The second-order valence-corrected chi connectivity index (χ2v) is 5.89. The first-order chi connectivity index (χ1) is 10.2. The molecular weight excluding hydrogens is 278 g/mol. The minimum Gasteiger partial charge on any atom is -0.382 e. The molecule has 0 spiro atoms. The number of hydrogen-bond donors (Lipinski definition) is 1. The summed E-state index contributed by atoms with van der Waals surface area (Å²) in [6.45, 7) is 4.30. The molecule has 0 aliphatic carbocycles. The maximum absolute atomic E-state index is 5.87. The maximum Gasteiger partial charge on any atom is 0.144 e. The van der Waals surface area contributed by atoms with Gasteiger partial charge in [-0.1, -0.05) is 37.3 Å². The highest BCUT2D eigenvalue weighted by Gasteiger charge is 2.06. The first kappa shape index (κ1) is 13.8. The van der Waals surface area contributed by atoms with E-state index in [1.54, 1.807) is 11.3 Å². The molecule has 1 aromatic carbocycles. The summed E-state index contributed by atoms with van der Waals surface area (Å²) in [5.41, 5.74) is 11.8. The number of rotatable bonds is 3. The van der Waals surface area contributed by atoms with Crippen molar-refractivity contribution in [3.8, 4) is 0 Å². The lowest BCUT2D eigenvalue weighted by Crippen LogP contribution is -1.90. The van der Waals surface area contributed by atoms with Crippen LogP contribution in [-0.2, 0) is 6.42 Å². The Labute approximate surface area is 128 Å². The summed E-state index contributed by atoms with van der Waals surface area (Å²) in [4.78, 5) is 8.37. The number of anilines is 1. The lowest BCUT2D eigenvalue weighted by Gasteiger charge is -2.03. The lowest BCUT2D eigenvalue weighted by molar-refractivity contribution is 1.13. The number of hydrogen-bond acceptors (Lipinski definition) is 4. The SMILES string of the molecule is CCc1ccc(C)c(/C=C/c2csc3c(N)ncnc23)c1. The molecule has 106 valence electrons. The van der Waals surface area contributed by atoms with Crippen LogP contribution < -0.4 is 5.73 Å². The van der Waals surface area contributed by atoms with E-state index in [-0.39, 0.29) is 0 Å². The van der Waals surface area contributed by atoms with E-state index in [4.69, 9.17) is 5.73 Å². The van der Waals surface area contributed by atoms with E-state index in [2.05, 4.69) is 59.5 Å². The molecule has 21 heavy (non-hydrogen) atoms. The Morgan fingerprint density at radius 3 is 2.81 bits per heavy atom. The topological polar surface area (TPSA) is 51.8 Å². The fraction of sp³-hybridized carbons (Fsp3) is 0.176. The van der Waals surface area contributed by atoms with Crippen molar-refractivity contribution in [1.82, 2.24) is 9.97 Å². The minimum absolute atomic E-state index is 0.550. The quantitative estimate of drug-likeness (QED) is 0.783. The van der Waals surface area contributed by atoms with Gasteiger partial charge < -0.3 is 5.73 Å². The number of benzene rings is 1. The van der Waals surface area contributed by atoms with Gasteiger partial charge in [0.2, 0.25) is 0 Å². The molecule has 0 saturated heterocycles. The van der Waals surface area contributed by atoms with Gasteiger partial charge in [-0.2, -0.15) is 0 Å². The number of nitrogens with two attached hydrogens (primary N) is 1. The molecule has 0 amide bonds. The number of nitrogen functional groups attached to an aromatic ring is 1. The lowest BCUT2D eigenvalue weighted by atomic mass is 10.0. The monoisotopic (exact) mass is 295 g/mol. The molecule has 2 aromatic heterocycles.